The van der Waals surface area contributed by atoms with Crippen LogP contribution < -0.4 is 0 Å². The van der Waals surface area contributed by atoms with E-state index < -0.39 is 7.60 Å². The summed E-state index contributed by atoms with van der Waals surface area (Å²) in [5.41, 5.74) is 0. The highest BCUT2D eigenvalue weighted by Crippen LogP contribution is 2.47. The van der Waals surface area contributed by atoms with Gasteiger partial charge in [-0.1, -0.05) is 6.92 Å². The van der Waals surface area contributed by atoms with Crippen LogP contribution in [0.4, 0.5) is 0 Å². The lowest BCUT2D eigenvalue weighted by Crippen LogP contribution is -2.03. The molecule has 0 aromatic rings. The SMILES string of the molecule is CCOP(=O)(CC)OCC1CO1. The fourth-order valence-corrected chi connectivity index (χ4v) is 2.00. The maximum atomic E-state index is 11.6. The van der Waals surface area contributed by atoms with Crippen molar-refractivity contribution in [2.75, 3.05) is 26.0 Å². The van der Waals surface area contributed by atoms with Crippen LogP contribution in [0, 0.1) is 0 Å². The van der Waals surface area contributed by atoms with E-state index in [-0.39, 0.29) is 6.10 Å². The second-order valence-electron chi connectivity index (χ2n) is 2.60. The highest BCUT2D eigenvalue weighted by molar-refractivity contribution is 7.53. The lowest BCUT2D eigenvalue weighted by molar-refractivity contribution is 0.195. The summed E-state index contributed by atoms with van der Waals surface area (Å²) in [5, 5.41) is 0. The molecule has 0 aliphatic carbocycles. The Kier molecular flexibility index (Phi) is 3.72. The summed E-state index contributed by atoms with van der Waals surface area (Å²) in [6.07, 6.45) is 0.568. The van der Waals surface area contributed by atoms with Gasteiger partial charge in [-0.3, -0.25) is 4.57 Å². The van der Waals surface area contributed by atoms with E-state index in [2.05, 4.69) is 0 Å². The first kappa shape index (κ1) is 10.2. The molecule has 1 aliphatic rings. The minimum Gasteiger partial charge on any atom is -0.371 e. The maximum Gasteiger partial charge on any atom is 0.330 e. The highest BCUT2D eigenvalue weighted by Gasteiger charge is 2.28. The van der Waals surface area contributed by atoms with Crippen molar-refractivity contribution >= 4 is 7.60 Å². The number of rotatable bonds is 6. The van der Waals surface area contributed by atoms with Gasteiger partial charge >= 0.3 is 7.60 Å². The molecule has 2 atom stereocenters. The zero-order valence-corrected chi connectivity index (χ0v) is 8.38. The summed E-state index contributed by atoms with van der Waals surface area (Å²) in [6, 6.07) is 0. The first-order valence-corrected chi connectivity index (χ1v) is 5.92. The Balaban J connectivity index is 2.25. The molecule has 1 aliphatic heterocycles. The van der Waals surface area contributed by atoms with Gasteiger partial charge in [-0.15, -0.1) is 0 Å². The van der Waals surface area contributed by atoms with Gasteiger partial charge in [-0.05, 0) is 6.92 Å². The first-order valence-electron chi connectivity index (χ1n) is 4.20. The van der Waals surface area contributed by atoms with Crippen molar-refractivity contribution in [3.8, 4) is 0 Å². The van der Waals surface area contributed by atoms with E-state index in [4.69, 9.17) is 13.8 Å². The van der Waals surface area contributed by atoms with Crippen LogP contribution in [0.15, 0.2) is 0 Å². The molecule has 1 fully saturated rings. The summed E-state index contributed by atoms with van der Waals surface area (Å²) in [6.45, 7) is 5.14. The number of hydrogen-bond donors (Lipinski definition) is 0. The summed E-state index contributed by atoms with van der Waals surface area (Å²) < 4.78 is 26.7. The van der Waals surface area contributed by atoms with Crippen LogP contribution in [0.1, 0.15) is 13.8 Å². The number of hydrogen-bond acceptors (Lipinski definition) is 4. The molecular weight excluding hydrogens is 179 g/mol. The highest BCUT2D eigenvalue weighted by atomic mass is 31.2. The van der Waals surface area contributed by atoms with E-state index in [1.165, 1.54) is 0 Å². The predicted molar refractivity (Wildman–Crippen MR) is 45.5 cm³/mol. The molecule has 0 aromatic heterocycles. The van der Waals surface area contributed by atoms with Crippen molar-refractivity contribution in [2.45, 2.75) is 20.0 Å². The standard InChI is InChI=1S/C7H15O4P/c1-3-10-12(8,4-2)11-6-7-5-9-7/h7H,3-6H2,1-2H3. The van der Waals surface area contributed by atoms with Crippen LogP contribution in [0.3, 0.4) is 0 Å². The molecule has 0 amide bonds. The molecule has 2 unspecified atom stereocenters. The molecule has 1 rings (SSSR count). The molecule has 0 spiro atoms. The minimum absolute atomic E-state index is 0.144. The van der Waals surface area contributed by atoms with E-state index in [9.17, 15) is 4.57 Å². The monoisotopic (exact) mass is 194 g/mol. The third-order valence-corrected chi connectivity index (χ3v) is 3.54. The summed E-state index contributed by atoms with van der Waals surface area (Å²) >= 11 is 0. The Labute approximate surface area is 72.7 Å². The molecule has 72 valence electrons. The van der Waals surface area contributed by atoms with E-state index in [1.807, 2.05) is 0 Å². The minimum atomic E-state index is -2.79. The van der Waals surface area contributed by atoms with Gasteiger partial charge in [0.1, 0.15) is 6.10 Å². The third kappa shape index (κ3) is 3.23. The van der Waals surface area contributed by atoms with E-state index in [0.29, 0.717) is 19.4 Å². The molecule has 12 heavy (non-hydrogen) atoms. The second-order valence-corrected chi connectivity index (χ2v) is 4.97. The van der Waals surface area contributed by atoms with Crippen LogP contribution in [0.25, 0.3) is 0 Å². The molecule has 0 aromatic carbocycles. The van der Waals surface area contributed by atoms with Gasteiger partial charge in [0.05, 0.1) is 19.8 Å². The van der Waals surface area contributed by atoms with Crippen molar-refractivity contribution < 1.29 is 18.3 Å². The Hall–Kier alpha value is 0.110. The number of epoxide rings is 1. The quantitative estimate of drug-likeness (QED) is 0.476. The Morgan fingerprint density at radius 3 is 2.58 bits per heavy atom. The van der Waals surface area contributed by atoms with E-state index >= 15 is 0 Å². The van der Waals surface area contributed by atoms with Crippen LogP contribution in [-0.4, -0.2) is 32.1 Å². The van der Waals surface area contributed by atoms with E-state index in [0.717, 1.165) is 6.61 Å². The molecule has 0 saturated carbocycles. The summed E-state index contributed by atoms with van der Waals surface area (Å²) in [7, 11) is -2.79. The molecule has 0 N–H and O–H groups in total. The molecule has 5 heteroatoms. The zero-order chi connectivity index (χ0) is 9.03. The van der Waals surface area contributed by atoms with Crippen molar-refractivity contribution in [1.29, 1.82) is 0 Å². The van der Waals surface area contributed by atoms with Crippen LogP contribution in [0.5, 0.6) is 0 Å². The van der Waals surface area contributed by atoms with Crippen LogP contribution >= 0.6 is 7.60 Å². The normalized spacial score (nSPS) is 26.7. The molecule has 0 radical (unpaired) electrons. The lowest BCUT2D eigenvalue weighted by atomic mass is 10.5. The van der Waals surface area contributed by atoms with Crippen molar-refractivity contribution in [3.05, 3.63) is 0 Å². The third-order valence-electron chi connectivity index (χ3n) is 1.57. The van der Waals surface area contributed by atoms with Gasteiger partial charge in [-0.25, -0.2) is 0 Å². The van der Waals surface area contributed by atoms with Crippen molar-refractivity contribution in [1.82, 2.24) is 0 Å². The zero-order valence-electron chi connectivity index (χ0n) is 7.49. The van der Waals surface area contributed by atoms with Gasteiger partial charge in [0, 0.05) is 6.16 Å². The summed E-state index contributed by atoms with van der Waals surface area (Å²) in [4.78, 5) is 0. The van der Waals surface area contributed by atoms with Crippen molar-refractivity contribution in [3.63, 3.8) is 0 Å². The van der Waals surface area contributed by atoms with Gasteiger partial charge in [0.25, 0.3) is 0 Å². The second kappa shape index (κ2) is 4.38. The van der Waals surface area contributed by atoms with Gasteiger partial charge in [0.2, 0.25) is 0 Å². The van der Waals surface area contributed by atoms with Crippen molar-refractivity contribution in [2.24, 2.45) is 0 Å². The Morgan fingerprint density at radius 1 is 1.50 bits per heavy atom. The van der Waals surface area contributed by atoms with Crippen LogP contribution in [-0.2, 0) is 18.3 Å². The Bertz CT molecular complexity index is 178. The molecule has 1 saturated heterocycles. The van der Waals surface area contributed by atoms with Gasteiger partial charge < -0.3 is 13.8 Å². The Morgan fingerprint density at radius 2 is 2.17 bits per heavy atom. The first-order chi connectivity index (χ1) is 5.70. The average molecular weight is 194 g/mol. The number of ether oxygens (including phenoxy) is 1. The van der Waals surface area contributed by atoms with Gasteiger partial charge in [0.15, 0.2) is 0 Å². The van der Waals surface area contributed by atoms with Crippen LogP contribution in [0.2, 0.25) is 0 Å². The largest absolute Gasteiger partial charge is 0.371 e. The maximum absolute atomic E-state index is 11.6. The average Bonchev–Trinajstić information content (AvgIpc) is 2.85. The molecule has 0 bridgehead atoms. The molecule has 4 nitrogen and oxygen atoms in total. The smallest absolute Gasteiger partial charge is 0.330 e. The molecular formula is C7H15O4P. The topological polar surface area (TPSA) is 48.1 Å². The predicted octanol–water partition coefficient (Wildman–Crippen LogP) is 1.65. The fourth-order valence-electron chi connectivity index (χ4n) is 0.778. The lowest BCUT2D eigenvalue weighted by Gasteiger charge is -2.14. The fraction of sp³-hybridized carbons (Fsp3) is 1.00. The summed E-state index contributed by atoms with van der Waals surface area (Å²) in [5.74, 6) is 0. The van der Waals surface area contributed by atoms with E-state index in [1.54, 1.807) is 13.8 Å². The van der Waals surface area contributed by atoms with Gasteiger partial charge in [-0.2, -0.15) is 0 Å². The molecule has 1 heterocycles.